The third kappa shape index (κ3) is 1.96. The number of benzene rings is 1. The van der Waals surface area contributed by atoms with Crippen molar-refractivity contribution in [3.05, 3.63) is 39.4 Å². The Kier molecular flexibility index (Phi) is 2.84. The van der Waals surface area contributed by atoms with Crippen LogP contribution < -0.4 is 4.90 Å². The van der Waals surface area contributed by atoms with E-state index in [1.165, 1.54) is 0 Å². The quantitative estimate of drug-likeness (QED) is 0.593. The van der Waals surface area contributed by atoms with Crippen molar-refractivity contribution in [3.8, 4) is 0 Å². The van der Waals surface area contributed by atoms with Crippen LogP contribution in [0.2, 0.25) is 0 Å². The maximum Gasteiger partial charge on any atom is 0.227 e. The van der Waals surface area contributed by atoms with Crippen molar-refractivity contribution in [2.75, 3.05) is 18.5 Å². The second-order valence-electron chi connectivity index (χ2n) is 5.20. The van der Waals surface area contributed by atoms with Crippen molar-refractivity contribution in [2.24, 2.45) is 0 Å². The smallest absolute Gasteiger partial charge is 0.227 e. The van der Waals surface area contributed by atoms with Crippen molar-refractivity contribution >= 4 is 11.6 Å². The van der Waals surface area contributed by atoms with Crippen LogP contribution in [0.4, 0.5) is 5.69 Å². The van der Waals surface area contributed by atoms with Gasteiger partial charge in [0, 0.05) is 24.1 Å². The molecule has 2 rings (SSSR count). The largest absolute Gasteiger partial charge is 0.315 e. The average Bonchev–Trinajstić information content (AvgIpc) is 2.25. The topological polar surface area (TPSA) is 63.5 Å². The molecule has 0 saturated carbocycles. The van der Waals surface area contributed by atoms with E-state index in [9.17, 15) is 14.9 Å². The molecule has 18 heavy (non-hydrogen) atoms. The molecule has 1 heterocycles. The van der Waals surface area contributed by atoms with Crippen LogP contribution in [-0.4, -0.2) is 24.4 Å². The molecule has 5 nitrogen and oxygen atoms in total. The van der Waals surface area contributed by atoms with Crippen LogP contribution in [-0.2, 0) is 10.2 Å². The summed E-state index contributed by atoms with van der Waals surface area (Å²) < 4.78 is 0. The van der Waals surface area contributed by atoms with E-state index in [1.807, 2.05) is 25.1 Å². The summed E-state index contributed by atoms with van der Waals surface area (Å²) in [6.07, 6.45) is 0.181. The molecule has 0 bridgehead atoms. The van der Waals surface area contributed by atoms with Crippen molar-refractivity contribution in [1.82, 2.24) is 0 Å². The van der Waals surface area contributed by atoms with Gasteiger partial charge in [0.2, 0.25) is 12.5 Å². The van der Waals surface area contributed by atoms with E-state index in [0.717, 1.165) is 16.8 Å². The van der Waals surface area contributed by atoms with Gasteiger partial charge >= 0.3 is 0 Å². The number of aryl methyl sites for hydroxylation is 1. The Bertz CT molecular complexity index is 527. The average molecular weight is 248 g/mol. The van der Waals surface area contributed by atoms with Crippen molar-refractivity contribution in [1.29, 1.82) is 0 Å². The summed E-state index contributed by atoms with van der Waals surface area (Å²) in [5.74, 6) is -0.0734. The molecule has 0 aromatic heterocycles. The normalized spacial score (nSPS) is 22.8. The first-order chi connectivity index (χ1) is 8.33. The van der Waals surface area contributed by atoms with Crippen LogP contribution in [0.25, 0.3) is 0 Å². The maximum atomic E-state index is 11.9. The predicted molar refractivity (Wildman–Crippen MR) is 68.4 cm³/mol. The molecular weight excluding hydrogens is 232 g/mol. The van der Waals surface area contributed by atoms with Crippen molar-refractivity contribution in [2.45, 2.75) is 25.7 Å². The maximum absolute atomic E-state index is 11.9. The first-order valence-corrected chi connectivity index (χ1v) is 5.83. The predicted octanol–water partition coefficient (Wildman–Crippen LogP) is 1.90. The fraction of sp³-hybridized carbons (Fsp3) is 0.462. The van der Waals surface area contributed by atoms with Gasteiger partial charge in [-0.15, -0.1) is 0 Å². The Morgan fingerprint density at radius 2 is 2.17 bits per heavy atom. The lowest BCUT2D eigenvalue weighted by atomic mass is 9.75. The van der Waals surface area contributed by atoms with E-state index in [0.29, 0.717) is 0 Å². The molecule has 96 valence electrons. The molecule has 0 N–H and O–H groups in total. The third-order valence-corrected chi connectivity index (χ3v) is 3.56. The minimum atomic E-state index is -0.714. The number of rotatable bonds is 2. The summed E-state index contributed by atoms with van der Waals surface area (Å²) in [6, 6.07) is 5.72. The summed E-state index contributed by atoms with van der Waals surface area (Å²) in [7, 11) is 1.71. The number of anilines is 1. The van der Waals surface area contributed by atoms with Gasteiger partial charge in [0.15, 0.2) is 0 Å². The number of amides is 1. The zero-order chi connectivity index (χ0) is 13.5. The molecule has 1 aromatic rings. The third-order valence-electron chi connectivity index (χ3n) is 3.56. The van der Waals surface area contributed by atoms with E-state index < -0.39 is 5.41 Å². The number of carbonyl (C=O) groups is 1. The molecule has 0 aliphatic carbocycles. The summed E-state index contributed by atoms with van der Waals surface area (Å²) in [5, 5.41) is 10.8. The Balaban J connectivity index is 2.58. The van der Waals surface area contributed by atoms with Crippen LogP contribution in [0.15, 0.2) is 18.2 Å². The molecule has 1 amide bonds. The van der Waals surface area contributed by atoms with Gasteiger partial charge in [-0.3, -0.25) is 14.9 Å². The van der Waals surface area contributed by atoms with E-state index in [1.54, 1.807) is 18.9 Å². The molecule has 5 heteroatoms. The molecule has 1 atom stereocenters. The van der Waals surface area contributed by atoms with Crippen LogP contribution in [0, 0.1) is 17.0 Å². The SMILES string of the molecule is Cc1ccc2c(c1)C(C)(C[N+](=O)[O-])CC(=O)N2C. The second kappa shape index (κ2) is 4.08. The van der Waals surface area contributed by atoms with Gasteiger partial charge in [-0.05, 0) is 25.5 Å². The van der Waals surface area contributed by atoms with Gasteiger partial charge < -0.3 is 4.90 Å². The van der Waals surface area contributed by atoms with Crippen LogP contribution in [0.1, 0.15) is 24.5 Å². The van der Waals surface area contributed by atoms with E-state index in [2.05, 4.69) is 0 Å². The molecule has 1 unspecified atom stereocenters. The number of nitro groups is 1. The van der Waals surface area contributed by atoms with Crippen molar-refractivity contribution in [3.63, 3.8) is 0 Å². The monoisotopic (exact) mass is 248 g/mol. The highest BCUT2D eigenvalue weighted by molar-refractivity contribution is 5.97. The van der Waals surface area contributed by atoms with Crippen LogP contribution >= 0.6 is 0 Å². The van der Waals surface area contributed by atoms with E-state index in [4.69, 9.17) is 0 Å². The minimum Gasteiger partial charge on any atom is -0.315 e. The fourth-order valence-corrected chi connectivity index (χ4v) is 2.53. The summed E-state index contributed by atoms with van der Waals surface area (Å²) >= 11 is 0. The molecule has 1 aliphatic rings. The Hall–Kier alpha value is -1.91. The van der Waals surface area contributed by atoms with Gasteiger partial charge in [0.05, 0.1) is 5.41 Å². The fourth-order valence-electron chi connectivity index (χ4n) is 2.53. The number of fused-ring (bicyclic) bond motifs is 1. The number of carbonyl (C=O) groups excluding carboxylic acids is 1. The van der Waals surface area contributed by atoms with Gasteiger partial charge in [0.1, 0.15) is 0 Å². The zero-order valence-corrected chi connectivity index (χ0v) is 10.8. The van der Waals surface area contributed by atoms with Gasteiger partial charge in [-0.25, -0.2) is 0 Å². The molecule has 0 spiro atoms. The molecule has 0 radical (unpaired) electrons. The summed E-state index contributed by atoms with van der Waals surface area (Å²) in [4.78, 5) is 24.0. The van der Waals surface area contributed by atoms with Crippen LogP contribution in [0.3, 0.4) is 0 Å². The molecular formula is C13H16N2O3. The second-order valence-corrected chi connectivity index (χ2v) is 5.20. The standard InChI is InChI=1S/C13H16N2O3/c1-9-4-5-11-10(6-9)13(2,8-15(17)18)7-12(16)14(11)3/h4-6H,7-8H2,1-3H3. The summed E-state index contributed by atoms with van der Waals surface area (Å²) in [6.45, 7) is 3.52. The first-order valence-electron chi connectivity index (χ1n) is 5.83. The molecule has 1 aliphatic heterocycles. The Morgan fingerprint density at radius 1 is 1.50 bits per heavy atom. The Labute approximate surface area is 106 Å². The summed E-state index contributed by atoms with van der Waals surface area (Å²) in [5.41, 5.74) is 2.00. The van der Waals surface area contributed by atoms with Gasteiger partial charge in [-0.2, -0.15) is 0 Å². The minimum absolute atomic E-state index is 0.0734. The van der Waals surface area contributed by atoms with Crippen LogP contribution in [0.5, 0.6) is 0 Å². The van der Waals surface area contributed by atoms with E-state index in [-0.39, 0.29) is 23.8 Å². The molecule has 1 aromatic carbocycles. The number of hydrogen-bond donors (Lipinski definition) is 0. The zero-order valence-electron chi connectivity index (χ0n) is 10.8. The molecule has 0 saturated heterocycles. The number of nitrogens with zero attached hydrogens (tertiary/aromatic N) is 2. The highest BCUT2D eigenvalue weighted by atomic mass is 16.6. The Morgan fingerprint density at radius 3 is 2.78 bits per heavy atom. The molecule has 0 fully saturated rings. The van der Waals surface area contributed by atoms with Gasteiger partial charge in [0.25, 0.3) is 0 Å². The highest BCUT2D eigenvalue weighted by Gasteiger charge is 2.42. The lowest BCUT2D eigenvalue weighted by Gasteiger charge is -2.37. The highest BCUT2D eigenvalue weighted by Crippen LogP contribution is 2.40. The lowest BCUT2D eigenvalue weighted by Crippen LogP contribution is -2.44. The van der Waals surface area contributed by atoms with E-state index >= 15 is 0 Å². The number of hydrogen-bond acceptors (Lipinski definition) is 3. The van der Waals surface area contributed by atoms with Crippen molar-refractivity contribution < 1.29 is 9.72 Å². The van der Waals surface area contributed by atoms with Gasteiger partial charge in [-0.1, -0.05) is 17.7 Å². The first kappa shape index (κ1) is 12.5. The lowest BCUT2D eigenvalue weighted by molar-refractivity contribution is -0.490.